The molecule has 0 spiro atoms. The molecule has 9 heteroatoms. The van der Waals surface area contributed by atoms with E-state index >= 15 is 0 Å². The number of carbonyl (C=O) groups is 2. The molecule has 0 saturated heterocycles. The van der Waals surface area contributed by atoms with Crippen LogP contribution in [0.2, 0.25) is 5.02 Å². The lowest BCUT2D eigenvalue weighted by atomic mass is 9.87. The Hall–Kier alpha value is -2.14. The minimum Gasteiger partial charge on any atom is -0.482 e. The average Bonchev–Trinajstić information content (AvgIpc) is 3.46. The molecular formula is C30H36ClIN2O5. The van der Waals surface area contributed by atoms with Gasteiger partial charge in [-0.05, 0) is 70.8 Å². The molecule has 2 amide bonds. The molecule has 0 radical (unpaired) electrons. The number of ether oxygens (including phenoxy) is 1. The molecule has 0 aliphatic heterocycles. The molecule has 4 rings (SSSR count). The smallest absolute Gasteiger partial charge is 0.247 e. The maximum atomic E-state index is 13.8. The fourth-order valence-corrected chi connectivity index (χ4v) is 6.05. The van der Waals surface area contributed by atoms with Crippen LogP contribution in [0.25, 0.3) is 0 Å². The van der Waals surface area contributed by atoms with Crippen LogP contribution >= 0.6 is 34.2 Å². The number of nitrogens with one attached hydrogen (secondary N) is 1. The molecule has 2 aromatic rings. The van der Waals surface area contributed by atoms with Crippen molar-refractivity contribution >= 4 is 46.0 Å². The first-order valence-corrected chi connectivity index (χ1v) is 15.0. The number of amides is 2. The highest BCUT2D eigenvalue weighted by Gasteiger charge is 2.40. The van der Waals surface area contributed by atoms with Gasteiger partial charge in [0.2, 0.25) is 11.8 Å². The number of aliphatic hydroxyl groups excluding tert-OH is 2. The minimum atomic E-state index is -1.06. The molecule has 39 heavy (non-hydrogen) atoms. The van der Waals surface area contributed by atoms with E-state index in [4.69, 9.17) is 16.3 Å². The lowest BCUT2D eigenvalue weighted by Crippen LogP contribution is -2.54. The Morgan fingerprint density at radius 2 is 1.82 bits per heavy atom. The third-order valence-corrected chi connectivity index (χ3v) is 8.69. The number of benzene rings is 2. The Labute approximate surface area is 248 Å². The van der Waals surface area contributed by atoms with Gasteiger partial charge in [-0.15, -0.1) is 0 Å². The summed E-state index contributed by atoms with van der Waals surface area (Å²) in [6.07, 6.45) is 5.85. The monoisotopic (exact) mass is 666 g/mol. The highest BCUT2D eigenvalue weighted by Crippen LogP contribution is 2.32. The zero-order valence-electron chi connectivity index (χ0n) is 21.9. The van der Waals surface area contributed by atoms with Crippen LogP contribution in [0.1, 0.15) is 50.5 Å². The molecule has 0 bridgehead atoms. The first-order valence-electron chi connectivity index (χ1n) is 13.6. The first kappa shape index (κ1) is 29.8. The number of para-hydroxylation sites is 1. The summed E-state index contributed by atoms with van der Waals surface area (Å²) in [4.78, 5) is 28.5. The summed E-state index contributed by atoms with van der Waals surface area (Å²) in [7, 11) is 0. The average molecular weight is 667 g/mol. The Morgan fingerprint density at radius 3 is 2.51 bits per heavy atom. The van der Waals surface area contributed by atoms with E-state index in [1.807, 2.05) is 36.4 Å². The summed E-state index contributed by atoms with van der Waals surface area (Å²) in [5.41, 5.74) is 1.30. The van der Waals surface area contributed by atoms with E-state index in [0.717, 1.165) is 28.4 Å². The van der Waals surface area contributed by atoms with Gasteiger partial charge in [0.15, 0.2) is 0 Å². The van der Waals surface area contributed by atoms with E-state index in [2.05, 4.69) is 27.9 Å². The second-order valence-electron chi connectivity index (χ2n) is 10.3. The molecule has 1 saturated carbocycles. The second kappa shape index (κ2) is 14.5. The number of carbonyl (C=O) groups excluding carboxylic acids is 2. The van der Waals surface area contributed by atoms with Gasteiger partial charge >= 0.3 is 0 Å². The van der Waals surface area contributed by atoms with Gasteiger partial charge in [-0.25, -0.2) is 0 Å². The quantitative estimate of drug-likeness (QED) is 0.298. The molecule has 0 heterocycles. The topological polar surface area (TPSA) is 99.1 Å². The molecule has 1 fully saturated rings. The van der Waals surface area contributed by atoms with Crippen LogP contribution in [0, 0.1) is 9.49 Å². The second-order valence-corrected chi connectivity index (χ2v) is 11.9. The van der Waals surface area contributed by atoms with Crippen molar-refractivity contribution in [3.63, 3.8) is 0 Å². The SMILES string of the molecule is O=C(NCCO)C1=C[C@H](Oc2ccccc2I)[C@@H](O)[C@H](N(Cc2ccc(Cl)cc2)C(=O)CCC2CCCC2)C1. The third-order valence-electron chi connectivity index (χ3n) is 7.54. The van der Waals surface area contributed by atoms with Crippen LogP contribution in [0.3, 0.4) is 0 Å². The van der Waals surface area contributed by atoms with Crippen LogP contribution < -0.4 is 10.1 Å². The van der Waals surface area contributed by atoms with Gasteiger partial charge in [0, 0.05) is 36.5 Å². The summed E-state index contributed by atoms with van der Waals surface area (Å²) in [5.74, 6) is 0.748. The highest BCUT2D eigenvalue weighted by molar-refractivity contribution is 14.1. The normalized spacial score (nSPS) is 21.3. The molecule has 2 aromatic carbocycles. The zero-order valence-corrected chi connectivity index (χ0v) is 24.8. The maximum absolute atomic E-state index is 13.8. The minimum absolute atomic E-state index is 0.0500. The van der Waals surface area contributed by atoms with E-state index in [0.29, 0.717) is 28.7 Å². The lowest BCUT2D eigenvalue weighted by Gasteiger charge is -2.41. The van der Waals surface area contributed by atoms with Gasteiger partial charge in [0.1, 0.15) is 18.0 Å². The van der Waals surface area contributed by atoms with Crippen molar-refractivity contribution in [3.05, 3.63) is 74.3 Å². The number of hydrogen-bond acceptors (Lipinski definition) is 5. The zero-order chi connectivity index (χ0) is 27.8. The van der Waals surface area contributed by atoms with Crippen molar-refractivity contribution in [3.8, 4) is 5.75 Å². The Morgan fingerprint density at radius 1 is 1.10 bits per heavy atom. The molecule has 3 atom stereocenters. The van der Waals surface area contributed by atoms with E-state index in [1.165, 1.54) is 12.8 Å². The molecular weight excluding hydrogens is 631 g/mol. The number of rotatable bonds is 11. The van der Waals surface area contributed by atoms with Gasteiger partial charge in [0.25, 0.3) is 0 Å². The summed E-state index contributed by atoms with van der Waals surface area (Å²) >= 11 is 8.27. The van der Waals surface area contributed by atoms with E-state index in [9.17, 15) is 19.8 Å². The van der Waals surface area contributed by atoms with Crippen molar-refractivity contribution in [1.82, 2.24) is 10.2 Å². The van der Waals surface area contributed by atoms with Crippen LogP contribution in [0.5, 0.6) is 5.75 Å². The molecule has 7 nitrogen and oxygen atoms in total. The van der Waals surface area contributed by atoms with Crippen LogP contribution in [0.15, 0.2) is 60.2 Å². The van der Waals surface area contributed by atoms with Gasteiger partial charge in [-0.2, -0.15) is 0 Å². The van der Waals surface area contributed by atoms with Gasteiger partial charge in [-0.3, -0.25) is 9.59 Å². The number of hydrogen-bond donors (Lipinski definition) is 3. The molecule has 2 aliphatic carbocycles. The maximum Gasteiger partial charge on any atom is 0.247 e. The van der Waals surface area contributed by atoms with Crippen molar-refractivity contribution in [2.24, 2.45) is 5.92 Å². The third kappa shape index (κ3) is 8.19. The van der Waals surface area contributed by atoms with Crippen molar-refractivity contribution in [2.75, 3.05) is 13.2 Å². The highest BCUT2D eigenvalue weighted by atomic mass is 127. The fourth-order valence-electron chi connectivity index (χ4n) is 5.41. The number of halogens is 2. The predicted octanol–water partition coefficient (Wildman–Crippen LogP) is 4.86. The first-order chi connectivity index (χ1) is 18.9. The molecule has 210 valence electrons. The predicted molar refractivity (Wildman–Crippen MR) is 159 cm³/mol. The molecule has 0 unspecified atom stereocenters. The molecule has 2 aliphatic rings. The van der Waals surface area contributed by atoms with Gasteiger partial charge in [0.05, 0.1) is 16.2 Å². The largest absolute Gasteiger partial charge is 0.482 e. The van der Waals surface area contributed by atoms with E-state index < -0.39 is 18.2 Å². The number of aliphatic hydroxyl groups is 2. The number of nitrogens with zero attached hydrogens (tertiary/aromatic N) is 1. The molecule has 0 aromatic heterocycles. The van der Waals surface area contributed by atoms with Crippen molar-refractivity contribution in [1.29, 1.82) is 0 Å². The van der Waals surface area contributed by atoms with Crippen LogP contribution in [0.4, 0.5) is 0 Å². The van der Waals surface area contributed by atoms with Crippen molar-refractivity contribution in [2.45, 2.75) is 69.7 Å². The van der Waals surface area contributed by atoms with Gasteiger partial charge in [-0.1, -0.05) is 61.5 Å². The van der Waals surface area contributed by atoms with E-state index in [-0.39, 0.29) is 37.9 Å². The lowest BCUT2D eigenvalue weighted by molar-refractivity contribution is -0.139. The summed E-state index contributed by atoms with van der Waals surface area (Å²) in [5, 5.41) is 24.1. The standard InChI is InChI=1S/C30H36ClIN2O5/c31-23-12-9-21(10-13-23)19-34(28(36)14-11-20-5-1-2-6-20)25-17-22(30(38)33-15-16-35)18-27(29(25)37)39-26-8-4-3-7-24(26)32/h3-4,7-10,12-13,18,20,25,27,29,35,37H,1-2,5-6,11,14-17,19H2,(H,33,38)/t25-,27+,29+/m1/s1. The van der Waals surface area contributed by atoms with E-state index in [1.54, 1.807) is 23.1 Å². The van der Waals surface area contributed by atoms with Crippen LogP contribution in [-0.2, 0) is 16.1 Å². The Balaban J connectivity index is 1.63. The Kier molecular flexibility index (Phi) is 11.1. The summed E-state index contributed by atoms with van der Waals surface area (Å²) in [6.45, 7) is 0.208. The van der Waals surface area contributed by atoms with Gasteiger partial charge < -0.3 is 25.2 Å². The summed E-state index contributed by atoms with van der Waals surface area (Å²) in [6, 6.07) is 14.1. The fraction of sp³-hybridized carbons (Fsp3) is 0.467. The molecule has 3 N–H and O–H groups in total. The summed E-state index contributed by atoms with van der Waals surface area (Å²) < 4.78 is 7.10. The van der Waals surface area contributed by atoms with Crippen LogP contribution in [-0.4, -0.2) is 58.3 Å². The van der Waals surface area contributed by atoms with Crippen molar-refractivity contribution < 1.29 is 24.5 Å². The Bertz CT molecular complexity index is 1150.